The van der Waals surface area contributed by atoms with Gasteiger partial charge in [-0.2, -0.15) is 0 Å². The molecule has 20 heavy (non-hydrogen) atoms. The van der Waals surface area contributed by atoms with Gasteiger partial charge in [0.2, 0.25) is 0 Å². The van der Waals surface area contributed by atoms with Crippen molar-refractivity contribution in [3.8, 4) is 0 Å². The zero-order valence-corrected chi connectivity index (χ0v) is 13.4. The van der Waals surface area contributed by atoms with Crippen LogP contribution in [0, 0.1) is 0 Å². The van der Waals surface area contributed by atoms with Crippen LogP contribution in [-0.2, 0) is 11.3 Å². The molecule has 0 aliphatic carbocycles. The van der Waals surface area contributed by atoms with Crippen molar-refractivity contribution in [1.29, 1.82) is 0 Å². The summed E-state index contributed by atoms with van der Waals surface area (Å²) in [4.78, 5) is 17.1. The molecule has 106 valence electrons. The molecule has 0 unspecified atom stereocenters. The van der Waals surface area contributed by atoms with Crippen molar-refractivity contribution < 1.29 is 9.53 Å². The second kappa shape index (κ2) is 6.97. The summed E-state index contributed by atoms with van der Waals surface area (Å²) in [7, 11) is 1.32. The van der Waals surface area contributed by atoms with Crippen molar-refractivity contribution in [3.63, 3.8) is 0 Å². The number of ether oxygens (including phenoxy) is 1. The topological polar surface area (TPSA) is 51.2 Å². The monoisotopic (exact) mass is 328 g/mol. The molecule has 1 aromatic heterocycles. The number of nitrogens with zero attached hydrogens (tertiary/aromatic N) is 1. The lowest BCUT2D eigenvalue weighted by molar-refractivity contribution is 0.0606. The Morgan fingerprint density at radius 1 is 1.45 bits per heavy atom. The van der Waals surface area contributed by atoms with Crippen molar-refractivity contribution in [2.45, 2.75) is 11.4 Å². The number of methoxy groups -OCH3 is 1. The minimum absolute atomic E-state index is 0.169. The van der Waals surface area contributed by atoms with Gasteiger partial charge < -0.3 is 10.1 Å². The van der Waals surface area contributed by atoms with Gasteiger partial charge >= 0.3 is 5.97 Å². The Morgan fingerprint density at radius 3 is 2.75 bits per heavy atom. The number of nitrogens with one attached hydrogen (secondary N) is 1. The van der Waals surface area contributed by atoms with E-state index in [-0.39, 0.29) is 5.15 Å². The van der Waals surface area contributed by atoms with Crippen LogP contribution < -0.4 is 5.32 Å². The van der Waals surface area contributed by atoms with Gasteiger partial charge in [0.25, 0.3) is 0 Å². The molecule has 0 aliphatic heterocycles. The summed E-state index contributed by atoms with van der Waals surface area (Å²) in [5.41, 5.74) is 1.13. The molecule has 7 heteroatoms. The normalized spacial score (nSPS) is 10.3. The number of carbonyl (C=O) groups is 1. The van der Waals surface area contributed by atoms with Gasteiger partial charge in [0.05, 0.1) is 7.11 Å². The summed E-state index contributed by atoms with van der Waals surface area (Å²) < 4.78 is 4.64. The van der Waals surface area contributed by atoms with Crippen LogP contribution in [0.15, 0.2) is 29.2 Å². The summed E-state index contributed by atoms with van der Waals surface area (Å²) in [5, 5.41) is 3.92. The number of hydrogen-bond acceptors (Lipinski definition) is 6. The molecule has 0 saturated carbocycles. The fraction of sp³-hybridized carbons (Fsp3) is 0.231. The largest absolute Gasteiger partial charge is 0.465 e. The smallest absolute Gasteiger partial charge is 0.351 e. The van der Waals surface area contributed by atoms with Crippen LogP contribution in [0.4, 0.5) is 5.13 Å². The third-order valence-electron chi connectivity index (χ3n) is 2.56. The molecule has 0 bridgehead atoms. The van der Waals surface area contributed by atoms with Crippen LogP contribution in [-0.4, -0.2) is 24.3 Å². The van der Waals surface area contributed by atoms with Crippen molar-refractivity contribution >= 4 is 45.8 Å². The number of esters is 1. The highest BCUT2D eigenvalue weighted by Crippen LogP contribution is 2.27. The predicted octanol–water partition coefficient (Wildman–Crippen LogP) is 3.92. The van der Waals surface area contributed by atoms with E-state index in [0.717, 1.165) is 5.56 Å². The van der Waals surface area contributed by atoms with Crippen molar-refractivity contribution in [2.24, 2.45) is 0 Å². The fourth-order valence-corrected chi connectivity index (χ4v) is 3.02. The molecule has 0 atom stereocenters. The molecule has 0 saturated heterocycles. The number of thiazole rings is 1. The number of aromatic nitrogens is 1. The summed E-state index contributed by atoms with van der Waals surface area (Å²) in [6, 6.07) is 8.23. The third-order valence-corrected chi connectivity index (χ3v) is 4.68. The Balaban J connectivity index is 2.01. The van der Waals surface area contributed by atoms with Gasteiger partial charge in [-0.15, -0.1) is 11.8 Å². The van der Waals surface area contributed by atoms with Gasteiger partial charge in [0, 0.05) is 11.4 Å². The third kappa shape index (κ3) is 3.65. The Kier molecular flexibility index (Phi) is 5.28. The lowest BCUT2D eigenvalue weighted by Crippen LogP contribution is -1.98. The Labute approximate surface area is 130 Å². The molecule has 1 N–H and O–H groups in total. The summed E-state index contributed by atoms with van der Waals surface area (Å²) in [5.74, 6) is -0.468. The summed E-state index contributed by atoms with van der Waals surface area (Å²) in [6.45, 7) is 0.624. The average Bonchev–Trinajstić information content (AvgIpc) is 2.86. The van der Waals surface area contributed by atoms with Crippen LogP contribution in [0.3, 0.4) is 0 Å². The predicted molar refractivity (Wildman–Crippen MR) is 84.0 cm³/mol. The molecule has 0 radical (unpaired) electrons. The Morgan fingerprint density at radius 2 is 2.15 bits per heavy atom. The van der Waals surface area contributed by atoms with E-state index in [1.807, 2.05) is 6.26 Å². The lowest BCUT2D eigenvalue weighted by Gasteiger charge is -2.03. The van der Waals surface area contributed by atoms with E-state index >= 15 is 0 Å². The van der Waals surface area contributed by atoms with Crippen LogP contribution >= 0.6 is 34.7 Å². The van der Waals surface area contributed by atoms with Crippen LogP contribution in [0.25, 0.3) is 0 Å². The Bertz CT molecular complexity index is 599. The van der Waals surface area contributed by atoms with Gasteiger partial charge in [0.15, 0.2) is 15.2 Å². The number of rotatable bonds is 5. The second-order valence-corrected chi connectivity index (χ2v) is 6.07. The van der Waals surface area contributed by atoms with Crippen molar-refractivity contribution in [1.82, 2.24) is 4.98 Å². The highest BCUT2D eigenvalue weighted by molar-refractivity contribution is 7.98. The molecule has 1 heterocycles. The standard InChI is InChI=1S/C13H13ClN2O2S2/c1-18-12(17)10-11(14)16-13(20-10)15-7-8-3-5-9(19-2)6-4-8/h3-6H,7H2,1-2H3,(H,15,16). The number of anilines is 1. The molecule has 0 amide bonds. The molecule has 2 rings (SSSR count). The van der Waals surface area contributed by atoms with E-state index in [1.54, 1.807) is 11.8 Å². The zero-order valence-electron chi connectivity index (χ0n) is 11.0. The number of hydrogen-bond donors (Lipinski definition) is 1. The van der Waals surface area contributed by atoms with Crippen LogP contribution in [0.2, 0.25) is 5.15 Å². The molecule has 0 spiro atoms. The molecule has 1 aromatic carbocycles. The highest BCUT2D eigenvalue weighted by Gasteiger charge is 2.16. The van der Waals surface area contributed by atoms with E-state index in [9.17, 15) is 4.79 Å². The van der Waals surface area contributed by atoms with E-state index in [2.05, 4.69) is 39.3 Å². The molecule has 4 nitrogen and oxygen atoms in total. The van der Waals surface area contributed by atoms with E-state index in [4.69, 9.17) is 11.6 Å². The minimum Gasteiger partial charge on any atom is -0.465 e. The molecule has 2 aromatic rings. The quantitative estimate of drug-likeness (QED) is 0.666. The van der Waals surface area contributed by atoms with Gasteiger partial charge in [-0.05, 0) is 24.0 Å². The number of benzene rings is 1. The van der Waals surface area contributed by atoms with Crippen molar-refractivity contribution in [3.05, 3.63) is 39.9 Å². The summed E-state index contributed by atoms with van der Waals surface area (Å²) in [6.07, 6.45) is 2.04. The SMILES string of the molecule is COC(=O)c1sc(NCc2ccc(SC)cc2)nc1Cl. The maximum absolute atomic E-state index is 11.4. The molecule has 0 fully saturated rings. The van der Waals surface area contributed by atoms with Gasteiger partial charge in [-0.25, -0.2) is 9.78 Å². The van der Waals surface area contributed by atoms with Crippen LogP contribution in [0.5, 0.6) is 0 Å². The summed E-state index contributed by atoms with van der Waals surface area (Å²) >= 11 is 8.79. The van der Waals surface area contributed by atoms with Gasteiger partial charge in [0.1, 0.15) is 0 Å². The van der Waals surface area contributed by atoms with Gasteiger partial charge in [-0.1, -0.05) is 35.1 Å². The van der Waals surface area contributed by atoms with Crippen molar-refractivity contribution in [2.75, 3.05) is 18.7 Å². The van der Waals surface area contributed by atoms with E-state index in [1.165, 1.54) is 23.3 Å². The van der Waals surface area contributed by atoms with Crippen LogP contribution in [0.1, 0.15) is 15.2 Å². The average molecular weight is 329 g/mol. The number of halogens is 1. The molecular formula is C13H13ClN2O2S2. The minimum atomic E-state index is -0.468. The number of carbonyl (C=O) groups excluding carboxylic acids is 1. The first-order valence-electron chi connectivity index (χ1n) is 5.75. The highest BCUT2D eigenvalue weighted by atomic mass is 35.5. The first kappa shape index (κ1) is 15.2. The molecular weight excluding hydrogens is 316 g/mol. The maximum Gasteiger partial charge on any atom is 0.351 e. The van der Waals surface area contributed by atoms with E-state index in [0.29, 0.717) is 16.6 Å². The molecule has 0 aliphatic rings. The maximum atomic E-state index is 11.4. The van der Waals surface area contributed by atoms with Gasteiger partial charge in [-0.3, -0.25) is 0 Å². The first-order valence-corrected chi connectivity index (χ1v) is 8.17. The van der Waals surface area contributed by atoms with E-state index < -0.39 is 5.97 Å². The first-order chi connectivity index (χ1) is 9.63. The Hall–Kier alpha value is -1.24. The lowest BCUT2D eigenvalue weighted by atomic mass is 10.2. The number of thioether (sulfide) groups is 1. The second-order valence-electron chi connectivity index (χ2n) is 3.83. The fourth-order valence-electron chi connectivity index (χ4n) is 1.52. The zero-order chi connectivity index (χ0) is 14.5.